The van der Waals surface area contributed by atoms with Crippen molar-refractivity contribution in [3.05, 3.63) is 57.0 Å². The van der Waals surface area contributed by atoms with Crippen molar-refractivity contribution < 1.29 is 0 Å². The maximum atomic E-state index is 5.75. The molecule has 0 saturated heterocycles. The van der Waals surface area contributed by atoms with Gasteiger partial charge in [0.25, 0.3) is 0 Å². The van der Waals surface area contributed by atoms with Crippen molar-refractivity contribution in [3.63, 3.8) is 0 Å². The average Bonchev–Trinajstić information content (AvgIpc) is 2.32. The van der Waals surface area contributed by atoms with Gasteiger partial charge in [-0.1, -0.05) is 34.1 Å². The topological polar surface area (TPSA) is 29.3 Å². The van der Waals surface area contributed by atoms with Crippen LogP contribution in [0.15, 0.2) is 51.4 Å². The van der Waals surface area contributed by atoms with Crippen molar-refractivity contribution in [2.45, 2.75) is 6.54 Å². The molecule has 0 radical (unpaired) electrons. The lowest BCUT2D eigenvalue weighted by Gasteiger charge is -2.21. The summed E-state index contributed by atoms with van der Waals surface area (Å²) in [6.07, 6.45) is 0. The van der Waals surface area contributed by atoms with Crippen molar-refractivity contribution in [1.29, 1.82) is 0 Å². The van der Waals surface area contributed by atoms with Gasteiger partial charge in [-0.3, -0.25) is 0 Å². The lowest BCUT2D eigenvalue weighted by atomic mass is 10.2. The van der Waals surface area contributed by atoms with Crippen molar-refractivity contribution in [2.75, 3.05) is 17.7 Å². The highest BCUT2D eigenvalue weighted by Crippen LogP contribution is 2.29. The van der Waals surface area contributed by atoms with E-state index < -0.39 is 0 Å². The molecule has 2 rings (SSSR count). The van der Waals surface area contributed by atoms with Gasteiger partial charge in [0.05, 0.1) is 5.69 Å². The summed E-state index contributed by atoms with van der Waals surface area (Å²) >= 11 is 7.12. The van der Waals surface area contributed by atoms with E-state index in [9.17, 15) is 0 Å². The van der Waals surface area contributed by atoms with Crippen LogP contribution in [0.25, 0.3) is 0 Å². The molecule has 0 saturated carbocycles. The quantitative estimate of drug-likeness (QED) is 0.811. The number of nitrogen functional groups attached to an aromatic ring is 1. The van der Waals surface area contributed by atoms with Crippen LogP contribution in [0.5, 0.6) is 0 Å². The zero-order valence-electron chi connectivity index (χ0n) is 10.0. The number of nitrogens with zero attached hydrogens (tertiary/aromatic N) is 1. The van der Waals surface area contributed by atoms with Gasteiger partial charge in [-0.2, -0.15) is 0 Å². The van der Waals surface area contributed by atoms with Gasteiger partial charge in [0.2, 0.25) is 0 Å². The average molecular weight is 370 g/mol. The Labute approximate surface area is 124 Å². The first-order chi connectivity index (χ1) is 8.58. The lowest BCUT2D eigenvalue weighted by Crippen LogP contribution is -2.17. The highest BCUT2D eigenvalue weighted by molar-refractivity contribution is 9.11. The van der Waals surface area contributed by atoms with Crippen molar-refractivity contribution >= 4 is 43.2 Å². The minimum absolute atomic E-state index is 0.764. The molecule has 0 aliphatic heterocycles. The molecule has 0 aliphatic carbocycles. The van der Waals surface area contributed by atoms with Gasteiger partial charge in [0, 0.05) is 28.2 Å². The van der Waals surface area contributed by atoms with Crippen LogP contribution in [0.3, 0.4) is 0 Å². The van der Waals surface area contributed by atoms with E-state index in [0.29, 0.717) is 0 Å². The molecule has 0 atom stereocenters. The third-order valence-corrected chi connectivity index (χ3v) is 4.16. The summed E-state index contributed by atoms with van der Waals surface area (Å²) in [5.41, 5.74) is 8.89. The van der Waals surface area contributed by atoms with Crippen LogP contribution in [0.1, 0.15) is 5.56 Å². The minimum Gasteiger partial charge on any atom is -0.399 e. The summed E-state index contributed by atoms with van der Waals surface area (Å²) < 4.78 is 2.14. The van der Waals surface area contributed by atoms with E-state index in [1.54, 1.807) is 0 Å². The Balaban J connectivity index is 2.22. The minimum atomic E-state index is 0.764. The molecule has 0 aliphatic rings. The Morgan fingerprint density at radius 3 is 2.44 bits per heavy atom. The summed E-state index contributed by atoms with van der Waals surface area (Å²) in [5.74, 6) is 0. The van der Waals surface area contributed by atoms with E-state index in [0.717, 1.165) is 26.9 Å². The monoisotopic (exact) mass is 368 g/mol. The van der Waals surface area contributed by atoms with Gasteiger partial charge in [0.1, 0.15) is 0 Å². The molecule has 2 N–H and O–H groups in total. The predicted octanol–water partition coefficient (Wildman–Crippen LogP) is 4.43. The third kappa shape index (κ3) is 3.06. The Kier molecular flexibility index (Phi) is 4.30. The van der Waals surface area contributed by atoms with Crippen molar-refractivity contribution in [2.24, 2.45) is 0 Å². The highest BCUT2D eigenvalue weighted by Gasteiger charge is 2.08. The van der Waals surface area contributed by atoms with Gasteiger partial charge in [-0.15, -0.1) is 0 Å². The van der Waals surface area contributed by atoms with Crippen LogP contribution in [-0.4, -0.2) is 7.05 Å². The Bertz CT molecular complexity index is 555. The fourth-order valence-corrected chi connectivity index (χ4v) is 2.91. The SMILES string of the molecule is CN(Cc1ccccc1Br)c1ccc(N)cc1Br. The third-order valence-electron chi connectivity index (χ3n) is 2.75. The van der Waals surface area contributed by atoms with E-state index in [1.807, 2.05) is 30.3 Å². The zero-order chi connectivity index (χ0) is 13.1. The van der Waals surface area contributed by atoms with Crippen LogP contribution in [0.2, 0.25) is 0 Å². The molecule has 0 unspecified atom stereocenters. The summed E-state index contributed by atoms with van der Waals surface area (Å²) in [7, 11) is 2.07. The molecule has 2 aromatic rings. The van der Waals surface area contributed by atoms with Crippen molar-refractivity contribution in [3.8, 4) is 0 Å². The van der Waals surface area contributed by atoms with Crippen LogP contribution in [0.4, 0.5) is 11.4 Å². The molecular weight excluding hydrogens is 356 g/mol. The molecule has 94 valence electrons. The Morgan fingerprint density at radius 1 is 1.06 bits per heavy atom. The number of hydrogen-bond donors (Lipinski definition) is 1. The Morgan fingerprint density at radius 2 is 1.78 bits per heavy atom. The predicted molar refractivity (Wildman–Crippen MR) is 84.8 cm³/mol. The zero-order valence-corrected chi connectivity index (χ0v) is 13.2. The molecule has 4 heteroatoms. The summed E-state index contributed by atoms with van der Waals surface area (Å²) in [5, 5.41) is 0. The van der Waals surface area contributed by atoms with Gasteiger partial charge in [0.15, 0.2) is 0 Å². The molecule has 18 heavy (non-hydrogen) atoms. The summed E-state index contributed by atoms with van der Waals surface area (Å²) in [6.45, 7) is 0.837. The fourth-order valence-electron chi connectivity index (χ4n) is 1.80. The van der Waals surface area contributed by atoms with E-state index in [2.05, 4.69) is 55.9 Å². The number of nitrogens with two attached hydrogens (primary N) is 1. The number of anilines is 2. The second-order valence-corrected chi connectivity index (χ2v) is 5.87. The lowest BCUT2D eigenvalue weighted by molar-refractivity contribution is 0.916. The number of halogens is 2. The van der Waals surface area contributed by atoms with E-state index in [-0.39, 0.29) is 0 Å². The molecule has 0 amide bonds. The van der Waals surface area contributed by atoms with Crippen LogP contribution < -0.4 is 10.6 Å². The second kappa shape index (κ2) is 5.76. The molecule has 0 fully saturated rings. The summed E-state index contributed by atoms with van der Waals surface area (Å²) in [4.78, 5) is 2.18. The first kappa shape index (κ1) is 13.4. The van der Waals surface area contributed by atoms with Crippen LogP contribution in [-0.2, 0) is 6.54 Å². The van der Waals surface area contributed by atoms with E-state index in [4.69, 9.17) is 5.73 Å². The molecule has 0 aromatic heterocycles. The molecule has 2 nitrogen and oxygen atoms in total. The maximum absolute atomic E-state index is 5.75. The van der Waals surface area contributed by atoms with Gasteiger partial charge >= 0.3 is 0 Å². The smallest absolute Gasteiger partial charge is 0.0512 e. The van der Waals surface area contributed by atoms with Gasteiger partial charge < -0.3 is 10.6 Å². The maximum Gasteiger partial charge on any atom is 0.0512 e. The Hall–Kier alpha value is -1.00. The van der Waals surface area contributed by atoms with Gasteiger partial charge in [-0.25, -0.2) is 0 Å². The fraction of sp³-hybridized carbons (Fsp3) is 0.143. The van der Waals surface area contributed by atoms with E-state index >= 15 is 0 Å². The van der Waals surface area contributed by atoms with E-state index in [1.165, 1.54) is 5.56 Å². The van der Waals surface area contributed by atoms with Crippen LogP contribution >= 0.6 is 31.9 Å². The normalized spacial score (nSPS) is 10.4. The molecular formula is C14H14Br2N2. The standard InChI is InChI=1S/C14H14Br2N2/c1-18(9-10-4-2-3-5-12(10)15)14-7-6-11(17)8-13(14)16/h2-8H,9,17H2,1H3. The molecule has 0 spiro atoms. The number of rotatable bonds is 3. The van der Waals surface area contributed by atoms with Crippen molar-refractivity contribution in [1.82, 2.24) is 0 Å². The largest absolute Gasteiger partial charge is 0.399 e. The first-order valence-electron chi connectivity index (χ1n) is 5.57. The number of benzene rings is 2. The molecule has 0 heterocycles. The summed E-state index contributed by atoms with van der Waals surface area (Å²) in [6, 6.07) is 14.1. The van der Waals surface area contributed by atoms with Crippen LogP contribution in [0, 0.1) is 0 Å². The first-order valence-corrected chi connectivity index (χ1v) is 7.16. The number of hydrogen-bond acceptors (Lipinski definition) is 2. The van der Waals surface area contributed by atoms with Gasteiger partial charge in [-0.05, 0) is 45.8 Å². The second-order valence-electron chi connectivity index (χ2n) is 4.16. The molecule has 0 bridgehead atoms. The molecule has 2 aromatic carbocycles. The highest BCUT2D eigenvalue weighted by atomic mass is 79.9.